The first-order valence-corrected chi connectivity index (χ1v) is 17.4. The second kappa shape index (κ2) is 33.1. The van der Waals surface area contributed by atoms with Gasteiger partial charge in [0.1, 0.15) is 0 Å². The number of phosphoric ester groups is 1. The molecule has 0 heterocycles. The quantitative estimate of drug-likeness (QED) is 0.0684. The van der Waals surface area contributed by atoms with Gasteiger partial charge in [-0.1, -0.05) is 168 Å². The van der Waals surface area contributed by atoms with Crippen molar-refractivity contribution in [3.63, 3.8) is 0 Å². The van der Waals surface area contributed by atoms with E-state index in [1.807, 2.05) is 0 Å². The van der Waals surface area contributed by atoms with Crippen molar-refractivity contribution in [3.05, 3.63) is 0 Å². The van der Waals surface area contributed by atoms with Gasteiger partial charge in [0.15, 0.2) is 0 Å². The highest BCUT2D eigenvalue weighted by molar-refractivity contribution is 7.46. The fourth-order valence-electron chi connectivity index (χ4n) is 4.47. The summed E-state index contributed by atoms with van der Waals surface area (Å²) in [7, 11) is -4.24. The Morgan fingerprint density at radius 3 is 0.972 bits per heavy atom. The number of hydrogen-bond donors (Lipinski definition) is 3. The van der Waals surface area contributed by atoms with E-state index in [4.69, 9.17) is 15.5 Å². The van der Waals surface area contributed by atoms with Crippen molar-refractivity contribution in [3.8, 4) is 0 Å². The third kappa shape index (κ3) is 41.2. The van der Waals surface area contributed by atoms with Crippen LogP contribution in [0.3, 0.4) is 0 Å². The molecule has 4 N–H and O–H groups in total. The van der Waals surface area contributed by atoms with Crippen LogP contribution in [0.1, 0.15) is 181 Å². The molecule has 0 aromatic rings. The van der Waals surface area contributed by atoms with E-state index < -0.39 is 7.82 Å². The lowest BCUT2D eigenvalue weighted by molar-refractivity contribution is 0.193. The fourth-order valence-corrected chi connectivity index (χ4v) is 4.83. The Bertz CT molecular complexity index is 415. The Morgan fingerprint density at radius 2 is 0.722 bits per heavy atom. The smallest absolute Gasteiger partial charge is 0.330 e. The van der Waals surface area contributed by atoms with Gasteiger partial charge in [-0.25, -0.2) is 4.57 Å². The molecule has 36 heavy (non-hydrogen) atoms. The van der Waals surface area contributed by atoms with Gasteiger partial charge in [0.2, 0.25) is 0 Å². The second-order valence-electron chi connectivity index (χ2n) is 10.6. The van der Waals surface area contributed by atoms with Gasteiger partial charge in [-0.05, 0) is 19.4 Å². The first-order valence-electron chi connectivity index (χ1n) is 15.9. The van der Waals surface area contributed by atoms with Crippen molar-refractivity contribution in [2.45, 2.75) is 181 Å². The maximum absolute atomic E-state index is 10.4. The van der Waals surface area contributed by atoms with Crippen LogP contribution in [0.15, 0.2) is 0 Å². The molecular formula is C30H66NO4P. The van der Waals surface area contributed by atoms with E-state index in [1.165, 1.54) is 148 Å². The van der Waals surface area contributed by atoms with Crippen molar-refractivity contribution >= 4 is 7.82 Å². The largest absolute Gasteiger partial charge is 0.469 e. The Labute approximate surface area is 226 Å². The van der Waals surface area contributed by atoms with E-state index in [2.05, 4.69) is 18.4 Å². The number of unbranched alkanes of at least 4 members (excludes halogenated alkanes) is 24. The van der Waals surface area contributed by atoms with E-state index in [1.54, 1.807) is 0 Å². The lowest BCUT2D eigenvalue weighted by atomic mass is 10.0. The first kappa shape index (κ1) is 38.2. The van der Waals surface area contributed by atoms with Crippen molar-refractivity contribution in [1.82, 2.24) is 0 Å². The van der Waals surface area contributed by atoms with Gasteiger partial charge in [-0.3, -0.25) is 4.52 Å². The molecule has 0 spiro atoms. The topological polar surface area (TPSA) is 92.8 Å². The van der Waals surface area contributed by atoms with Crippen LogP contribution >= 0.6 is 7.82 Å². The molecule has 0 radical (unpaired) electrons. The maximum Gasteiger partial charge on any atom is 0.469 e. The number of hydrogen-bond acceptors (Lipinski definition) is 3. The molecule has 0 unspecified atom stereocenters. The second-order valence-corrected chi connectivity index (χ2v) is 11.8. The van der Waals surface area contributed by atoms with Gasteiger partial charge < -0.3 is 15.5 Å². The van der Waals surface area contributed by atoms with Crippen LogP contribution in [-0.2, 0) is 9.09 Å². The van der Waals surface area contributed by atoms with Crippen molar-refractivity contribution in [1.29, 1.82) is 0 Å². The van der Waals surface area contributed by atoms with Gasteiger partial charge in [0, 0.05) is 0 Å². The highest BCUT2D eigenvalue weighted by atomic mass is 31.2. The highest BCUT2D eigenvalue weighted by Crippen LogP contribution is 2.35. The van der Waals surface area contributed by atoms with Crippen LogP contribution < -0.4 is 5.73 Å². The Morgan fingerprint density at radius 1 is 0.472 bits per heavy atom. The van der Waals surface area contributed by atoms with Crippen molar-refractivity contribution in [2.24, 2.45) is 5.73 Å². The molecule has 0 saturated carbocycles. The number of nitrogens with two attached hydrogens (primary N) is 1. The molecule has 0 aliphatic heterocycles. The molecule has 0 fully saturated rings. The SMILES string of the molecule is CCCCCCCCCCCCCCCCCCN.CCCCCCCCCCCCOP(=O)(O)O. The van der Waals surface area contributed by atoms with Crippen LogP contribution in [0.4, 0.5) is 0 Å². The molecule has 0 aromatic carbocycles. The summed E-state index contributed by atoms with van der Waals surface area (Å²) < 4.78 is 14.7. The van der Waals surface area contributed by atoms with E-state index in [0.717, 1.165) is 25.8 Å². The van der Waals surface area contributed by atoms with Gasteiger partial charge >= 0.3 is 7.82 Å². The minimum atomic E-state index is -4.24. The average molecular weight is 536 g/mol. The molecule has 5 nitrogen and oxygen atoms in total. The zero-order chi connectivity index (χ0) is 27.0. The third-order valence-corrected chi connectivity index (χ3v) is 7.33. The van der Waals surface area contributed by atoms with Gasteiger partial charge in [0.25, 0.3) is 0 Å². The van der Waals surface area contributed by atoms with Crippen LogP contribution in [0.5, 0.6) is 0 Å². The molecule has 0 saturated heterocycles. The van der Waals surface area contributed by atoms with Gasteiger partial charge in [0.05, 0.1) is 6.61 Å². The van der Waals surface area contributed by atoms with E-state index in [-0.39, 0.29) is 6.61 Å². The predicted octanol–water partition coefficient (Wildman–Crippen LogP) is 10.2. The normalized spacial score (nSPS) is 11.5. The van der Waals surface area contributed by atoms with Crippen LogP contribution in [0.2, 0.25) is 0 Å². The third-order valence-electron chi connectivity index (χ3n) is 6.82. The van der Waals surface area contributed by atoms with Crippen LogP contribution in [-0.4, -0.2) is 22.9 Å². The zero-order valence-corrected chi connectivity index (χ0v) is 25.4. The van der Waals surface area contributed by atoms with E-state index >= 15 is 0 Å². The minimum absolute atomic E-state index is 0.167. The monoisotopic (exact) mass is 535 g/mol. The summed E-state index contributed by atoms with van der Waals surface area (Å²) in [4.78, 5) is 16.9. The molecule has 6 heteroatoms. The van der Waals surface area contributed by atoms with Crippen molar-refractivity contribution < 1.29 is 18.9 Å². The first-order chi connectivity index (χ1) is 17.5. The molecule has 0 rings (SSSR count). The molecule has 0 aliphatic carbocycles. The lowest BCUT2D eigenvalue weighted by Crippen LogP contribution is -1.97. The maximum atomic E-state index is 10.4. The number of rotatable bonds is 28. The Balaban J connectivity index is 0. The van der Waals surface area contributed by atoms with Crippen LogP contribution in [0.25, 0.3) is 0 Å². The Kier molecular flexibility index (Phi) is 35.1. The lowest BCUT2D eigenvalue weighted by Gasteiger charge is -2.05. The molecule has 0 aromatic heterocycles. The van der Waals surface area contributed by atoms with Crippen molar-refractivity contribution in [2.75, 3.05) is 13.2 Å². The molecule has 220 valence electrons. The van der Waals surface area contributed by atoms with Crippen LogP contribution in [0, 0.1) is 0 Å². The Hall–Kier alpha value is 0.0700. The van der Waals surface area contributed by atoms with E-state index in [0.29, 0.717) is 0 Å². The van der Waals surface area contributed by atoms with Gasteiger partial charge in [-0.2, -0.15) is 0 Å². The number of phosphoric acid groups is 1. The molecule has 0 atom stereocenters. The molecule has 0 bridgehead atoms. The van der Waals surface area contributed by atoms with E-state index in [9.17, 15) is 4.57 Å². The molecule has 0 aliphatic rings. The summed E-state index contributed by atoms with van der Waals surface area (Å²) in [5.74, 6) is 0. The summed E-state index contributed by atoms with van der Waals surface area (Å²) in [6.07, 6.45) is 34.9. The van der Waals surface area contributed by atoms with Gasteiger partial charge in [-0.15, -0.1) is 0 Å². The minimum Gasteiger partial charge on any atom is -0.330 e. The summed E-state index contributed by atoms with van der Waals surface area (Å²) >= 11 is 0. The average Bonchev–Trinajstić information content (AvgIpc) is 2.85. The summed E-state index contributed by atoms with van der Waals surface area (Å²) in [6, 6.07) is 0. The summed E-state index contributed by atoms with van der Waals surface area (Å²) in [5.41, 5.74) is 5.48. The fraction of sp³-hybridized carbons (Fsp3) is 1.00. The zero-order valence-electron chi connectivity index (χ0n) is 24.5. The predicted molar refractivity (Wildman–Crippen MR) is 158 cm³/mol. The summed E-state index contributed by atoms with van der Waals surface area (Å²) in [6.45, 7) is 5.55. The highest BCUT2D eigenvalue weighted by Gasteiger charge is 2.12. The molecule has 0 amide bonds. The summed E-state index contributed by atoms with van der Waals surface area (Å²) in [5, 5.41) is 0. The molecular weight excluding hydrogens is 469 g/mol. The standard InChI is InChI=1S/C18H39N.C12H27O4P/c1-2-3-4-5-6-7-8-9-10-11-12-13-14-15-16-17-18-19;1-2-3-4-5-6-7-8-9-10-11-12-16-17(13,14)15/h2-19H2,1H3;2-12H2,1H3,(H2,13,14,15).